The maximum atomic E-state index is 11.5. The van der Waals surface area contributed by atoms with E-state index in [1.54, 1.807) is 11.3 Å². The average Bonchev–Trinajstić information content (AvgIpc) is 2.44. The second-order valence-corrected chi connectivity index (χ2v) is 5.41. The maximum Gasteiger partial charge on any atom is 0.339 e. The van der Waals surface area contributed by atoms with E-state index in [0.717, 1.165) is 5.56 Å². The van der Waals surface area contributed by atoms with Gasteiger partial charge in [0.25, 0.3) is 0 Å². The Hall–Kier alpha value is -0.830. The minimum Gasteiger partial charge on any atom is -0.465 e. The highest BCUT2D eigenvalue weighted by Crippen LogP contribution is 2.33. The van der Waals surface area contributed by atoms with Gasteiger partial charge in [0, 0.05) is 10.3 Å². The number of aryl methyl sites for hydroxylation is 1. The van der Waals surface area contributed by atoms with Crippen molar-refractivity contribution in [2.45, 2.75) is 33.1 Å². The Balaban J connectivity index is 3.27. The van der Waals surface area contributed by atoms with Crippen molar-refractivity contribution in [1.82, 2.24) is 0 Å². The molecule has 3 heteroatoms. The van der Waals surface area contributed by atoms with Crippen LogP contribution >= 0.6 is 11.3 Å². The molecule has 0 aliphatic rings. The number of ether oxygens (including phenoxy) is 1. The van der Waals surface area contributed by atoms with E-state index >= 15 is 0 Å². The molecule has 0 atom stereocenters. The molecule has 0 N–H and O–H groups in total. The van der Waals surface area contributed by atoms with Crippen molar-refractivity contribution in [3.63, 3.8) is 0 Å². The molecule has 2 nitrogen and oxygen atoms in total. The molecule has 78 valence electrons. The van der Waals surface area contributed by atoms with E-state index in [9.17, 15) is 4.79 Å². The highest BCUT2D eigenvalue weighted by molar-refractivity contribution is 7.10. The molecular weight excluding hydrogens is 196 g/mol. The first-order chi connectivity index (χ1) is 6.38. The van der Waals surface area contributed by atoms with Gasteiger partial charge in [0.05, 0.1) is 12.7 Å². The van der Waals surface area contributed by atoms with Crippen LogP contribution in [0.2, 0.25) is 0 Å². The maximum absolute atomic E-state index is 11.5. The third-order valence-electron chi connectivity index (χ3n) is 2.13. The van der Waals surface area contributed by atoms with Crippen molar-refractivity contribution in [1.29, 1.82) is 0 Å². The Kier molecular flexibility index (Phi) is 3.00. The lowest BCUT2D eigenvalue weighted by molar-refractivity contribution is 0.0598. The fourth-order valence-corrected chi connectivity index (χ4v) is 2.69. The zero-order chi connectivity index (χ0) is 10.9. The summed E-state index contributed by atoms with van der Waals surface area (Å²) in [6.07, 6.45) is 0. The van der Waals surface area contributed by atoms with E-state index in [1.165, 1.54) is 12.0 Å². The zero-order valence-corrected chi connectivity index (χ0v) is 10.1. The van der Waals surface area contributed by atoms with Crippen LogP contribution in [0.25, 0.3) is 0 Å². The standard InChI is InChI=1S/C11H16O2S/c1-7-9(11(2,3)4)8(6-14-7)10(12)13-5/h6H,1-5H3. The van der Waals surface area contributed by atoms with Gasteiger partial charge in [-0.15, -0.1) is 11.3 Å². The lowest BCUT2D eigenvalue weighted by Crippen LogP contribution is -2.16. The topological polar surface area (TPSA) is 26.3 Å². The average molecular weight is 212 g/mol. The number of thiophene rings is 1. The number of carbonyl (C=O) groups is 1. The van der Waals surface area contributed by atoms with E-state index in [2.05, 4.69) is 20.8 Å². The predicted molar refractivity (Wildman–Crippen MR) is 59.1 cm³/mol. The molecule has 14 heavy (non-hydrogen) atoms. The molecule has 0 unspecified atom stereocenters. The van der Waals surface area contributed by atoms with Crippen LogP contribution in [0.4, 0.5) is 0 Å². The van der Waals surface area contributed by atoms with Crippen molar-refractivity contribution in [3.05, 3.63) is 21.4 Å². The van der Waals surface area contributed by atoms with Crippen LogP contribution in [-0.2, 0) is 10.2 Å². The molecule has 0 radical (unpaired) electrons. The number of methoxy groups -OCH3 is 1. The third kappa shape index (κ3) is 1.98. The summed E-state index contributed by atoms with van der Waals surface area (Å²) in [5, 5.41) is 1.88. The third-order valence-corrected chi connectivity index (χ3v) is 3.04. The smallest absolute Gasteiger partial charge is 0.339 e. The first-order valence-corrected chi connectivity index (χ1v) is 5.42. The molecule has 0 aliphatic carbocycles. The number of carbonyl (C=O) groups excluding carboxylic acids is 1. The van der Waals surface area contributed by atoms with Gasteiger partial charge in [-0.05, 0) is 17.9 Å². The molecule has 0 fully saturated rings. The van der Waals surface area contributed by atoms with Crippen LogP contribution in [0, 0.1) is 6.92 Å². The molecule has 1 rings (SSSR count). The van der Waals surface area contributed by atoms with E-state index < -0.39 is 0 Å². The van der Waals surface area contributed by atoms with Gasteiger partial charge in [-0.2, -0.15) is 0 Å². The summed E-state index contributed by atoms with van der Waals surface area (Å²) in [5.74, 6) is -0.237. The Morgan fingerprint density at radius 1 is 1.43 bits per heavy atom. The van der Waals surface area contributed by atoms with Crippen LogP contribution in [0.3, 0.4) is 0 Å². The fraction of sp³-hybridized carbons (Fsp3) is 0.545. The Morgan fingerprint density at radius 3 is 2.43 bits per heavy atom. The summed E-state index contributed by atoms with van der Waals surface area (Å²) in [6.45, 7) is 8.36. The first kappa shape index (κ1) is 11.2. The quantitative estimate of drug-likeness (QED) is 0.668. The van der Waals surface area contributed by atoms with Gasteiger partial charge in [0.1, 0.15) is 0 Å². The number of rotatable bonds is 1. The van der Waals surface area contributed by atoms with Crippen molar-refractivity contribution in [2.75, 3.05) is 7.11 Å². The second kappa shape index (κ2) is 3.73. The summed E-state index contributed by atoms with van der Waals surface area (Å²) in [5.41, 5.74) is 1.81. The summed E-state index contributed by atoms with van der Waals surface area (Å²) < 4.78 is 4.75. The van der Waals surface area contributed by atoms with Gasteiger partial charge >= 0.3 is 5.97 Å². The van der Waals surface area contributed by atoms with Gasteiger partial charge in [0.2, 0.25) is 0 Å². The van der Waals surface area contributed by atoms with Crippen molar-refractivity contribution >= 4 is 17.3 Å². The van der Waals surface area contributed by atoms with Crippen molar-refractivity contribution in [3.8, 4) is 0 Å². The SMILES string of the molecule is COC(=O)c1csc(C)c1C(C)(C)C. The lowest BCUT2D eigenvalue weighted by Gasteiger charge is -2.20. The van der Waals surface area contributed by atoms with E-state index in [1.807, 2.05) is 12.3 Å². The molecule has 0 bridgehead atoms. The highest BCUT2D eigenvalue weighted by atomic mass is 32.1. The molecule has 0 saturated heterocycles. The van der Waals surface area contributed by atoms with Gasteiger partial charge in [-0.3, -0.25) is 0 Å². The normalized spacial score (nSPS) is 11.5. The molecule has 0 aliphatic heterocycles. The Morgan fingerprint density at radius 2 is 2.00 bits per heavy atom. The Labute approximate surface area is 88.9 Å². The largest absolute Gasteiger partial charge is 0.465 e. The van der Waals surface area contributed by atoms with Crippen molar-refractivity contribution in [2.24, 2.45) is 0 Å². The number of hydrogen-bond acceptors (Lipinski definition) is 3. The number of esters is 1. The Bertz CT molecular complexity index is 345. The molecule has 0 spiro atoms. The summed E-state index contributed by atoms with van der Waals surface area (Å²) in [7, 11) is 1.42. The first-order valence-electron chi connectivity index (χ1n) is 4.54. The molecular formula is C11H16O2S. The van der Waals surface area contributed by atoms with Crippen LogP contribution in [-0.4, -0.2) is 13.1 Å². The van der Waals surface area contributed by atoms with E-state index in [-0.39, 0.29) is 11.4 Å². The van der Waals surface area contributed by atoms with Crippen LogP contribution in [0.1, 0.15) is 41.6 Å². The summed E-state index contributed by atoms with van der Waals surface area (Å²) >= 11 is 1.60. The van der Waals surface area contributed by atoms with Crippen LogP contribution < -0.4 is 0 Å². The predicted octanol–water partition coefficient (Wildman–Crippen LogP) is 3.14. The van der Waals surface area contributed by atoms with Gasteiger partial charge in [0.15, 0.2) is 0 Å². The van der Waals surface area contributed by atoms with E-state index in [4.69, 9.17) is 4.74 Å². The summed E-state index contributed by atoms with van der Waals surface area (Å²) in [4.78, 5) is 12.7. The van der Waals surface area contributed by atoms with Crippen LogP contribution in [0.15, 0.2) is 5.38 Å². The van der Waals surface area contributed by atoms with E-state index in [0.29, 0.717) is 5.56 Å². The molecule has 0 saturated carbocycles. The zero-order valence-electron chi connectivity index (χ0n) is 9.30. The van der Waals surface area contributed by atoms with Crippen molar-refractivity contribution < 1.29 is 9.53 Å². The van der Waals surface area contributed by atoms with Gasteiger partial charge in [-0.25, -0.2) is 4.79 Å². The molecule has 1 aromatic heterocycles. The number of hydrogen-bond donors (Lipinski definition) is 0. The highest BCUT2D eigenvalue weighted by Gasteiger charge is 2.25. The second-order valence-electron chi connectivity index (χ2n) is 4.32. The summed E-state index contributed by atoms with van der Waals surface area (Å²) in [6, 6.07) is 0. The minimum atomic E-state index is -0.237. The van der Waals surface area contributed by atoms with Gasteiger partial charge < -0.3 is 4.74 Å². The minimum absolute atomic E-state index is 0.00634. The molecule has 1 heterocycles. The molecule has 1 aromatic rings. The molecule has 0 aromatic carbocycles. The fourth-order valence-electron chi connectivity index (χ4n) is 1.65. The van der Waals surface area contributed by atoms with Gasteiger partial charge in [-0.1, -0.05) is 20.8 Å². The monoisotopic (exact) mass is 212 g/mol. The van der Waals surface area contributed by atoms with Crippen LogP contribution in [0.5, 0.6) is 0 Å². The lowest BCUT2D eigenvalue weighted by atomic mass is 9.84. The molecule has 0 amide bonds.